The Bertz CT molecular complexity index is 1230. The normalized spacial score (nSPS) is 17.5. The summed E-state index contributed by atoms with van der Waals surface area (Å²) in [5, 5.41) is 2.57. The van der Waals surface area contributed by atoms with E-state index in [0.29, 0.717) is 29.8 Å². The number of nitrogens with zero attached hydrogens (tertiary/aromatic N) is 1. The molecule has 0 bridgehead atoms. The number of amides is 2. The molecule has 2 atom stereocenters. The first-order valence-corrected chi connectivity index (χ1v) is 11.6. The van der Waals surface area contributed by atoms with Gasteiger partial charge in [0.15, 0.2) is 0 Å². The fourth-order valence-corrected chi connectivity index (χ4v) is 4.49. The van der Waals surface area contributed by atoms with Gasteiger partial charge in [0.05, 0.1) is 0 Å². The molecular weight excluding hydrogens is 474 g/mol. The van der Waals surface area contributed by atoms with Gasteiger partial charge in [-0.3, -0.25) is 9.59 Å². The van der Waals surface area contributed by atoms with Gasteiger partial charge in [0.1, 0.15) is 23.3 Å². The van der Waals surface area contributed by atoms with Crippen LogP contribution in [0.25, 0.3) is 0 Å². The third-order valence-corrected chi connectivity index (χ3v) is 6.24. The molecule has 0 aliphatic heterocycles. The number of halogens is 4. The predicted octanol–water partition coefficient (Wildman–Crippen LogP) is 5.41. The molecule has 0 aromatic heterocycles. The van der Waals surface area contributed by atoms with Crippen LogP contribution >= 0.6 is 0 Å². The second kappa shape index (κ2) is 10.9. The van der Waals surface area contributed by atoms with Crippen molar-refractivity contribution >= 4 is 17.5 Å². The maximum atomic E-state index is 13.8. The minimum absolute atomic E-state index is 0.100. The van der Waals surface area contributed by atoms with Crippen LogP contribution in [0.2, 0.25) is 0 Å². The summed E-state index contributed by atoms with van der Waals surface area (Å²) < 4.78 is 54.4. The van der Waals surface area contributed by atoms with Gasteiger partial charge in [-0.2, -0.15) is 0 Å². The first kappa shape index (κ1) is 25.4. The van der Waals surface area contributed by atoms with Crippen LogP contribution in [0.15, 0.2) is 60.7 Å². The van der Waals surface area contributed by atoms with Crippen molar-refractivity contribution in [1.82, 2.24) is 4.90 Å². The molecular formula is C27H25F4N3O2. The van der Waals surface area contributed by atoms with Gasteiger partial charge in [-0.25, -0.2) is 17.6 Å². The highest BCUT2D eigenvalue weighted by Gasteiger charge is 2.32. The number of benzene rings is 3. The monoisotopic (exact) mass is 499 g/mol. The second-order valence-corrected chi connectivity index (χ2v) is 8.92. The lowest BCUT2D eigenvalue weighted by atomic mass is 9.89. The van der Waals surface area contributed by atoms with Gasteiger partial charge in [-0.05, 0) is 54.8 Å². The number of nitrogens with two attached hydrogens (primary N) is 1. The van der Waals surface area contributed by atoms with Crippen LogP contribution in [0.1, 0.15) is 52.0 Å². The van der Waals surface area contributed by atoms with Crippen molar-refractivity contribution < 1.29 is 27.2 Å². The first-order chi connectivity index (χ1) is 17.2. The van der Waals surface area contributed by atoms with E-state index in [4.69, 9.17) is 5.73 Å². The number of nitrogens with one attached hydrogen (secondary N) is 1. The van der Waals surface area contributed by atoms with Gasteiger partial charge in [-0.1, -0.05) is 25.0 Å². The molecule has 3 aromatic rings. The van der Waals surface area contributed by atoms with E-state index in [1.54, 1.807) is 29.2 Å². The summed E-state index contributed by atoms with van der Waals surface area (Å²) in [6.45, 7) is 0.138. The molecule has 3 N–H and O–H groups in total. The van der Waals surface area contributed by atoms with E-state index in [1.165, 1.54) is 0 Å². The zero-order valence-electron chi connectivity index (χ0n) is 19.3. The van der Waals surface area contributed by atoms with Crippen molar-refractivity contribution in [2.24, 2.45) is 5.73 Å². The lowest BCUT2D eigenvalue weighted by Crippen LogP contribution is -2.51. The van der Waals surface area contributed by atoms with Gasteiger partial charge >= 0.3 is 0 Å². The average Bonchev–Trinajstić information content (AvgIpc) is 2.82. The first-order valence-electron chi connectivity index (χ1n) is 11.6. The van der Waals surface area contributed by atoms with Crippen LogP contribution in [-0.4, -0.2) is 28.8 Å². The smallest absolute Gasteiger partial charge is 0.255 e. The fraction of sp³-hybridized carbons (Fsp3) is 0.259. The molecule has 2 unspecified atom stereocenters. The lowest BCUT2D eigenvalue weighted by Gasteiger charge is -2.38. The zero-order chi connectivity index (χ0) is 25.8. The molecule has 5 nitrogen and oxygen atoms in total. The summed E-state index contributed by atoms with van der Waals surface area (Å²) in [5.74, 6) is -4.62. The van der Waals surface area contributed by atoms with E-state index in [9.17, 15) is 27.2 Å². The van der Waals surface area contributed by atoms with E-state index >= 15 is 0 Å². The summed E-state index contributed by atoms with van der Waals surface area (Å²) in [4.78, 5) is 27.2. The van der Waals surface area contributed by atoms with E-state index < -0.39 is 35.1 Å². The minimum atomic E-state index is -0.862. The van der Waals surface area contributed by atoms with E-state index in [1.807, 2.05) is 0 Å². The van der Waals surface area contributed by atoms with Crippen LogP contribution in [-0.2, 0) is 6.54 Å². The molecule has 0 heterocycles. The van der Waals surface area contributed by atoms with Crippen molar-refractivity contribution in [3.63, 3.8) is 0 Å². The summed E-state index contributed by atoms with van der Waals surface area (Å²) in [6.07, 6.45) is 3.23. The van der Waals surface area contributed by atoms with Gasteiger partial charge in [-0.15, -0.1) is 0 Å². The molecule has 1 aliphatic rings. The Balaban J connectivity index is 1.53. The maximum Gasteiger partial charge on any atom is 0.255 e. The van der Waals surface area contributed by atoms with Gasteiger partial charge in [0.2, 0.25) is 0 Å². The molecule has 1 fully saturated rings. The van der Waals surface area contributed by atoms with Crippen molar-refractivity contribution in [1.29, 1.82) is 0 Å². The average molecular weight is 500 g/mol. The number of rotatable bonds is 6. The second-order valence-electron chi connectivity index (χ2n) is 8.92. The molecule has 0 radical (unpaired) electrons. The molecule has 0 saturated heterocycles. The molecule has 36 heavy (non-hydrogen) atoms. The quantitative estimate of drug-likeness (QED) is 0.446. The number of anilines is 1. The Labute approximate surface area is 205 Å². The highest BCUT2D eigenvalue weighted by atomic mass is 19.1. The molecule has 2 amide bonds. The van der Waals surface area contributed by atoms with Crippen molar-refractivity contribution in [2.75, 3.05) is 5.32 Å². The topological polar surface area (TPSA) is 75.4 Å². The van der Waals surface area contributed by atoms with Crippen LogP contribution in [0.3, 0.4) is 0 Å². The SMILES string of the molecule is NC1CCCCC1N(Cc1ccc(NC(=O)c2cc(F)cc(F)c2)cc1)C(=O)c1cc(F)cc(F)c1. The molecule has 9 heteroatoms. The largest absolute Gasteiger partial charge is 0.330 e. The Morgan fingerprint density at radius 2 is 1.33 bits per heavy atom. The lowest BCUT2D eigenvalue weighted by molar-refractivity contribution is 0.0582. The standard InChI is InChI=1S/C27H25F4N3O2/c28-19-9-17(10-20(29)13-19)26(35)33-23-7-5-16(6-8-23)15-34(25-4-2-1-3-24(25)32)27(36)18-11-21(30)14-22(31)12-18/h5-14,24-25H,1-4,15,32H2,(H,33,35). The summed E-state index contributed by atoms with van der Waals surface area (Å²) in [7, 11) is 0. The Kier molecular flexibility index (Phi) is 7.69. The highest BCUT2D eigenvalue weighted by Crippen LogP contribution is 2.26. The third-order valence-electron chi connectivity index (χ3n) is 6.24. The zero-order valence-corrected chi connectivity index (χ0v) is 19.3. The Morgan fingerprint density at radius 1 is 0.806 bits per heavy atom. The molecule has 1 saturated carbocycles. The van der Waals surface area contributed by atoms with E-state index in [0.717, 1.165) is 43.5 Å². The van der Waals surface area contributed by atoms with E-state index in [2.05, 4.69) is 5.32 Å². The van der Waals surface area contributed by atoms with Crippen molar-refractivity contribution in [2.45, 2.75) is 44.3 Å². The van der Waals surface area contributed by atoms with Crippen molar-refractivity contribution in [3.8, 4) is 0 Å². The van der Waals surface area contributed by atoms with Crippen LogP contribution in [0, 0.1) is 23.3 Å². The maximum absolute atomic E-state index is 13.8. The Morgan fingerprint density at radius 3 is 1.89 bits per heavy atom. The van der Waals surface area contributed by atoms with Crippen molar-refractivity contribution in [3.05, 3.63) is 101 Å². The summed E-state index contributed by atoms with van der Waals surface area (Å²) in [6, 6.07) is 11.2. The highest BCUT2D eigenvalue weighted by molar-refractivity contribution is 6.04. The molecule has 3 aromatic carbocycles. The van der Waals surface area contributed by atoms with E-state index in [-0.39, 0.29) is 29.8 Å². The third kappa shape index (κ3) is 6.09. The molecule has 0 spiro atoms. The molecule has 188 valence electrons. The fourth-order valence-electron chi connectivity index (χ4n) is 4.49. The molecule has 4 rings (SSSR count). The number of carbonyl (C=O) groups is 2. The molecule has 1 aliphatic carbocycles. The Hall–Kier alpha value is -3.72. The summed E-state index contributed by atoms with van der Waals surface area (Å²) in [5.41, 5.74) is 7.14. The number of carbonyl (C=O) groups excluding carboxylic acids is 2. The minimum Gasteiger partial charge on any atom is -0.330 e. The van der Waals surface area contributed by atoms with Crippen LogP contribution in [0.4, 0.5) is 23.2 Å². The van der Waals surface area contributed by atoms with Crippen LogP contribution in [0.5, 0.6) is 0 Å². The van der Waals surface area contributed by atoms with Gasteiger partial charge < -0.3 is 16.0 Å². The van der Waals surface area contributed by atoms with Gasteiger partial charge in [0.25, 0.3) is 11.8 Å². The van der Waals surface area contributed by atoms with Crippen LogP contribution < -0.4 is 11.1 Å². The summed E-state index contributed by atoms with van der Waals surface area (Å²) >= 11 is 0. The predicted molar refractivity (Wildman–Crippen MR) is 127 cm³/mol. The number of hydrogen-bond donors (Lipinski definition) is 2. The van der Waals surface area contributed by atoms with Gasteiger partial charge in [0, 0.05) is 47.6 Å². The number of hydrogen-bond acceptors (Lipinski definition) is 3.